The van der Waals surface area contributed by atoms with Crippen molar-refractivity contribution in [2.24, 2.45) is 5.89 Å². The van der Waals surface area contributed by atoms with Gasteiger partial charge in [0, 0.05) is 35.8 Å². The third-order valence-electron chi connectivity index (χ3n) is 3.94. The van der Waals surface area contributed by atoms with E-state index in [1.807, 2.05) is 37.4 Å². The molecule has 1 unspecified atom stereocenters. The number of rotatable bonds is 10. The smallest absolute Gasteiger partial charge is 0.321 e. The van der Waals surface area contributed by atoms with E-state index in [0.29, 0.717) is 5.69 Å². The Labute approximate surface area is 178 Å². The van der Waals surface area contributed by atoms with Crippen LogP contribution in [0, 0.1) is 19.7 Å². The van der Waals surface area contributed by atoms with Gasteiger partial charge in [-0.3, -0.25) is 14.9 Å². The van der Waals surface area contributed by atoms with Gasteiger partial charge >= 0.3 is 11.9 Å². The summed E-state index contributed by atoms with van der Waals surface area (Å²) in [5.41, 5.74) is 3.17. The molecule has 0 saturated heterocycles. The fourth-order valence-electron chi connectivity index (χ4n) is 2.89. The van der Waals surface area contributed by atoms with Crippen LogP contribution >= 0.6 is 0 Å². The SMILES string of the molecule is [2H]C([2H])C([2H])(C([2H])([2H])[2H])C([2H])([2H])[C@]([2H])(N[C@@H](Cc1cncn1Cc1cc(C)cc(C)c1)C(=O)O)C(=O)O. The summed E-state index contributed by atoms with van der Waals surface area (Å²) in [6, 6.07) is 0.135. The van der Waals surface area contributed by atoms with Crippen molar-refractivity contribution < 1.29 is 32.1 Å². The lowest BCUT2D eigenvalue weighted by Gasteiger charge is -2.22. The lowest BCUT2D eigenvalue weighted by atomic mass is 10.0. The summed E-state index contributed by atoms with van der Waals surface area (Å²) >= 11 is 0. The van der Waals surface area contributed by atoms with E-state index in [-0.39, 0.29) is 6.54 Å². The maximum atomic E-state index is 12.1. The van der Waals surface area contributed by atoms with Crippen molar-refractivity contribution in [2.75, 3.05) is 0 Å². The maximum absolute atomic E-state index is 12.1. The van der Waals surface area contributed by atoms with E-state index < -0.39 is 56.4 Å². The number of aliphatic carboxylic acids is 2. The molecule has 1 aromatic heterocycles. The Kier molecular flexibility index (Phi) is 4.08. The highest BCUT2D eigenvalue weighted by Crippen LogP contribution is 2.14. The monoisotopic (exact) mass is 396 g/mol. The third-order valence-corrected chi connectivity index (χ3v) is 3.94. The topological polar surface area (TPSA) is 104 Å². The van der Waals surface area contributed by atoms with Gasteiger partial charge < -0.3 is 14.8 Å². The lowest BCUT2D eigenvalue weighted by molar-refractivity contribution is -0.142. The number of aryl methyl sites for hydroxylation is 2. The molecule has 152 valence electrons. The van der Waals surface area contributed by atoms with Gasteiger partial charge in [0.2, 0.25) is 0 Å². The summed E-state index contributed by atoms with van der Waals surface area (Å²) in [5.74, 6) is -7.71. The molecule has 0 fully saturated rings. The van der Waals surface area contributed by atoms with Gasteiger partial charge in [0.25, 0.3) is 0 Å². The molecule has 0 radical (unpaired) electrons. The lowest BCUT2D eigenvalue weighted by Crippen LogP contribution is -2.49. The number of imidazole rings is 1. The first-order chi connectivity index (χ1) is 16.8. The molecule has 3 atom stereocenters. The molecule has 28 heavy (non-hydrogen) atoms. The Bertz CT molecular complexity index is 1130. The summed E-state index contributed by atoms with van der Waals surface area (Å²) in [4.78, 5) is 28.2. The third kappa shape index (κ3) is 6.20. The maximum Gasteiger partial charge on any atom is 0.321 e. The minimum Gasteiger partial charge on any atom is -0.480 e. The van der Waals surface area contributed by atoms with Crippen LogP contribution in [0.15, 0.2) is 30.7 Å². The Balaban J connectivity index is 2.47. The number of aromatic nitrogens is 2. The normalized spacial score (nSPS) is 22.5. The highest BCUT2D eigenvalue weighted by Gasteiger charge is 2.27. The Morgan fingerprint density at radius 1 is 1.29 bits per heavy atom. The molecule has 0 bridgehead atoms. The molecule has 0 spiro atoms. The van der Waals surface area contributed by atoms with Crippen molar-refractivity contribution >= 4 is 11.9 Å². The Morgan fingerprint density at radius 2 is 2.00 bits per heavy atom. The first kappa shape index (κ1) is 12.0. The number of hydrogen-bond donors (Lipinski definition) is 3. The van der Waals surface area contributed by atoms with Gasteiger partial charge in [0.05, 0.1) is 7.70 Å². The largest absolute Gasteiger partial charge is 0.480 e. The van der Waals surface area contributed by atoms with Crippen LogP contribution in [0.2, 0.25) is 0 Å². The van der Waals surface area contributed by atoms with Crippen molar-refractivity contribution in [3.63, 3.8) is 0 Å². The van der Waals surface area contributed by atoms with Crippen LogP contribution in [0.1, 0.15) is 54.8 Å². The van der Waals surface area contributed by atoms with Crippen molar-refractivity contribution in [1.82, 2.24) is 14.9 Å². The molecule has 2 aromatic rings. The highest BCUT2D eigenvalue weighted by molar-refractivity contribution is 5.77. The average molecular weight is 397 g/mol. The van der Waals surface area contributed by atoms with E-state index in [1.54, 1.807) is 4.57 Å². The molecule has 0 aliphatic carbocycles. The van der Waals surface area contributed by atoms with E-state index in [2.05, 4.69) is 4.98 Å². The summed E-state index contributed by atoms with van der Waals surface area (Å²) in [6.07, 6.45) is -1.67. The first-order valence-corrected chi connectivity index (χ1v) is 8.42. The molecule has 1 aromatic carbocycles. The van der Waals surface area contributed by atoms with Crippen molar-refractivity contribution in [2.45, 2.75) is 59.0 Å². The van der Waals surface area contributed by atoms with Gasteiger partial charge in [-0.15, -0.1) is 0 Å². The fourth-order valence-corrected chi connectivity index (χ4v) is 2.89. The van der Waals surface area contributed by atoms with Gasteiger partial charge in [-0.05, 0) is 31.7 Å². The van der Waals surface area contributed by atoms with Crippen molar-refractivity contribution in [1.29, 1.82) is 0 Å². The molecule has 1 heterocycles. The Morgan fingerprint density at radius 3 is 2.57 bits per heavy atom. The average Bonchev–Trinajstić information content (AvgIpc) is 3.16. The first-order valence-electron chi connectivity index (χ1n) is 13.1. The van der Waals surface area contributed by atoms with Gasteiger partial charge in [-0.2, -0.15) is 0 Å². The molecule has 7 nitrogen and oxygen atoms in total. The van der Waals surface area contributed by atoms with E-state index in [4.69, 9.17) is 12.3 Å². The minimum absolute atomic E-state index is 0.282. The van der Waals surface area contributed by atoms with Crippen LogP contribution in [0.5, 0.6) is 0 Å². The van der Waals surface area contributed by atoms with Crippen LogP contribution < -0.4 is 5.32 Å². The molecule has 0 amide bonds. The zero-order valence-electron chi connectivity index (χ0n) is 24.6. The van der Waals surface area contributed by atoms with Crippen LogP contribution in [0.3, 0.4) is 0 Å². The van der Waals surface area contributed by atoms with E-state index in [1.165, 1.54) is 12.5 Å². The molecule has 7 heteroatoms. The van der Waals surface area contributed by atoms with Crippen molar-refractivity contribution in [3.05, 3.63) is 53.1 Å². The van der Waals surface area contributed by atoms with Crippen LogP contribution in [-0.2, 0) is 22.6 Å². The van der Waals surface area contributed by atoms with Gasteiger partial charge in [-0.25, -0.2) is 4.98 Å². The quantitative estimate of drug-likeness (QED) is 0.570. The standard InChI is InChI=1S/C21H29N3O4/c1-13(2)5-18(20(25)26)23-19(21(27)28)9-17-10-22-12-24(17)11-16-7-14(3)6-15(4)8-16/h6-8,10,12-13,18-19,23H,5,9,11H2,1-4H3,(H,25,26)(H,27,28)/t18-,19-/m0/s1/i1D2,2D3,5D2,13D,18D/t13?,18-,19-. The zero-order chi connectivity index (χ0) is 28.6. The number of benzene rings is 1. The molecule has 3 N–H and O–H groups in total. The summed E-state index contributed by atoms with van der Waals surface area (Å²) in [5, 5.41) is 21.4. The van der Waals surface area contributed by atoms with Gasteiger partial charge in [-0.1, -0.05) is 43.1 Å². The second-order valence-electron chi connectivity index (χ2n) is 6.47. The van der Waals surface area contributed by atoms with Crippen LogP contribution in [0.4, 0.5) is 0 Å². The van der Waals surface area contributed by atoms with Crippen LogP contribution in [0.25, 0.3) is 0 Å². The summed E-state index contributed by atoms with van der Waals surface area (Å²) in [7, 11) is 0. The number of carbonyl (C=O) groups is 2. The fraction of sp³-hybridized carbons (Fsp3) is 0.476. The van der Waals surface area contributed by atoms with E-state index >= 15 is 0 Å². The second-order valence-corrected chi connectivity index (χ2v) is 6.47. The molecule has 0 aliphatic rings. The highest BCUT2D eigenvalue weighted by atomic mass is 16.4. The summed E-state index contributed by atoms with van der Waals surface area (Å²) in [6.45, 7) is -2.34. The molecular weight excluding hydrogens is 358 g/mol. The molecule has 0 saturated carbocycles. The zero-order valence-corrected chi connectivity index (χ0v) is 15.6. The number of carboxylic acid groups (broad SMARTS) is 2. The number of nitrogens with one attached hydrogen (secondary N) is 1. The minimum atomic E-state index is -3.93. The van der Waals surface area contributed by atoms with Crippen molar-refractivity contribution in [3.8, 4) is 0 Å². The van der Waals surface area contributed by atoms with E-state index in [9.17, 15) is 19.8 Å². The van der Waals surface area contributed by atoms with Crippen LogP contribution in [-0.4, -0.2) is 43.8 Å². The van der Waals surface area contributed by atoms with E-state index in [0.717, 1.165) is 16.7 Å². The predicted molar refractivity (Wildman–Crippen MR) is 106 cm³/mol. The number of carboxylic acids is 2. The number of hydrogen-bond acceptors (Lipinski definition) is 4. The second kappa shape index (κ2) is 9.50. The molecule has 0 aliphatic heterocycles. The molecular formula is C21H29N3O4. The number of nitrogens with zero attached hydrogens (tertiary/aromatic N) is 2. The predicted octanol–water partition coefficient (Wildman–Crippen LogP) is 2.63. The van der Waals surface area contributed by atoms with Gasteiger partial charge in [0.15, 0.2) is 0 Å². The molecule has 2 rings (SSSR count). The summed E-state index contributed by atoms with van der Waals surface area (Å²) < 4.78 is 72.0. The van der Waals surface area contributed by atoms with Gasteiger partial charge in [0.1, 0.15) is 12.1 Å². The Hall–Kier alpha value is -2.67.